The van der Waals surface area contributed by atoms with E-state index in [0.717, 1.165) is 5.56 Å². The summed E-state index contributed by atoms with van der Waals surface area (Å²) < 4.78 is 0. The predicted molar refractivity (Wildman–Crippen MR) is 78.8 cm³/mol. The Morgan fingerprint density at radius 2 is 2.14 bits per heavy atom. The van der Waals surface area contributed by atoms with Crippen molar-refractivity contribution in [3.63, 3.8) is 0 Å². The minimum Gasteiger partial charge on any atom is -0.346 e. The summed E-state index contributed by atoms with van der Waals surface area (Å²) in [7, 11) is 0. The molecular formula is C15H17N5O2. The van der Waals surface area contributed by atoms with Gasteiger partial charge in [-0.1, -0.05) is 30.3 Å². The first-order valence-corrected chi connectivity index (χ1v) is 7.13. The number of nitrogens with one attached hydrogen (secondary N) is 2. The van der Waals surface area contributed by atoms with E-state index in [9.17, 15) is 9.59 Å². The number of aromatic amines is 1. The van der Waals surface area contributed by atoms with E-state index < -0.39 is 0 Å². The van der Waals surface area contributed by atoms with Crippen LogP contribution in [0.4, 0.5) is 0 Å². The molecule has 7 nitrogen and oxygen atoms in total. The molecule has 0 aliphatic carbocycles. The minimum absolute atomic E-state index is 0.0472. The number of aromatic nitrogens is 3. The van der Waals surface area contributed by atoms with E-state index in [1.54, 1.807) is 11.8 Å². The predicted octanol–water partition coefficient (Wildman–Crippen LogP) is 0.644. The topological polar surface area (TPSA) is 91.0 Å². The number of carbonyl (C=O) groups is 2. The van der Waals surface area contributed by atoms with Crippen molar-refractivity contribution in [2.75, 3.05) is 6.54 Å². The van der Waals surface area contributed by atoms with Gasteiger partial charge in [0.25, 0.3) is 5.91 Å². The van der Waals surface area contributed by atoms with Gasteiger partial charge in [0.1, 0.15) is 0 Å². The Labute approximate surface area is 127 Å². The minimum atomic E-state index is -0.300. The summed E-state index contributed by atoms with van der Waals surface area (Å²) in [6, 6.07) is 9.61. The third-order valence-electron chi connectivity index (χ3n) is 3.70. The van der Waals surface area contributed by atoms with Crippen molar-refractivity contribution in [1.29, 1.82) is 0 Å². The fourth-order valence-corrected chi connectivity index (χ4v) is 2.58. The molecule has 1 fully saturated rings. The molecule has 7 heteroatoms. The second-order valence-corrected chi connectivity index (χ2v) is 5.39. The molecule has 0 spiro atoms. The Morgan fingerprint density at radius 3 is 2.82 bits per heavy atom. The van der Waals surface area contributed by atoms with Gasteiger partial charge in [0.2, 0.25) is 5.91 Å². The molecule has 114 valence electrons. The highest BCUT2D eigenvalue weighted by molar-refractivity contribution is 5.94. The van der Waals surface area contributed by atoms with Crippen LogP contribution in [0.15, 0.2) is 30.3 Å². The van der Waals surface area contributed by atoms with Gasteiger partial charge in [-0.25, -0.2) is 0 Å². The van der Waals surface area contributed by atoms with Gasteiger partial charge >= 0.3 is 0 Å². The molecule has 3 rings (SSSR count). The molecule has 1 saturated heterocycles. The molecule has 1 aliphatic rings. The third kappa shape index (κ3) is 2.98. The normalized spacial score (nSPS) is 17.8. The molecule has 22 heavy (non-hydrogen) atoms. The Bertz CT molecular complexity index is 682. The molecule has 1 aliphatic heterocycles. The number of hydrogen-bond acceptors (Lipinski definition) is 4. The number of hydrogen-bond donors (Lipinski definition) is 2. The first kappa shape index (κ1) is 14.2. The van der Waals surface area contributed by atoms with Gasteiger partial charge < -0.3 is 10.2 Å². The van der Waals surface area contributed by atoms with E-state index in [-0.39, 0.29) is 23.6 Å². The van der Waals surface area contributed by atoms with Gasteiger partial charge in [-0.3, -0.25) is 9.59 Å². The van der Waals surface area contributed by atoms with Crippen LogP contribution in [0.1, 0.15) is 28.2 Å². The van der Waals surface area contributed by atoms with Crippen LogP contribution in [0.3, 0.4) is 0 Å². The summed E-state index contributed by atoms with van der Waals surface area (Å²) in [6.45, 7) is 2.78. The van der Waals surface area contributed by atoms with Gasteiger partial charge in [-0.2, -0.15) is 15.4 Å². The van der Waals surface area contributed by atoms with Crippen LogP contribution in [0.5, 0.6) is 0 Å². The van der Waals surface area contributed by atoms with Crippen LogP contribution in [-0.2, 0) is 11.3 Å². The van der Waals surface area contributed by atoms with Crippen molar-refractivity contribution >= 4 is 11.8 Å². The van der Waals surface area contributed by atoms with Crippen molar-refractivity contribution in [2.45, 2.75) is 25.9 Å². The molecule has 0 radical (unpaired) electrons. The number of aryl methyl sites for hydroxylation is 1. The average molecular weight is 299 g/mol. The maximum atomic E-state index is 12.1. The first-order valence-electron chi connectivity index (χ1n) is 7.13. The largest absolute Gasteiger partial charge is 0.346 e. The summed E-state index contributed by atoms with van der Waals surface area (Å²) in [5.74, 6) is -0.253. The molecule has 2 aromatic rings. The molecule has 0 bridgehead atoms. The zero-order valence-corrected chi connectivity index (χ0v) is 12.2. The van der Waals surface area contributed by atoms with Crippen molar-refractivity contribution in [3.05, 3.63) is 47.3 Å². The van der Waals surface area contributed by atoms with E-state index in [0.29, 0.717) is 25.2 Å². The average Bonchev–Trinajstić information content (AvgIpc) is 3.07. The van der Waals surface area contributed by atoms with Crippen LogP contribution in [0.2, 0.25) is 0 Å². The summed E-state index contributed by atoms with van der Waals surface area (Å²) in [5.41, 5.74) is 1.90. The molecule has 1 atom stereocenters. The molecular weight excluding hydrogens is 282 g/mol. The number of benzene rings is 1. The number of carbonyl (C=O) groups excluding carboxylic acids is 2. The highest BCUT2D eigenvalue weighted by Crippen LogP contribution is 2.15. The summed E-state index contributed by atoms with van der Waals surface area (Å²) in [5, 5.41) is 12.9. The lowest BCUT2D eigenvalue weighted by Gasteiger charge is -2.17. The first-order chi connectivity index (χ1) is 10.6. The molecule has 2 amide bonds. The van der Waals surface area contributed by atoms with Gasteiger partial charge in [0.15, 0.2) is 5.69 Å². The molecule has 2 N–H and O–H groups in total. The molecule has 1 aromatic carbocycles. The summed E-state index contributed by atoms with van der Waals surface area (Å²) >= 11 is 0. The van der Waals surface area contributed by atoms with E-state index in [4.69, 9.17) is 0 Å². The van der Waals surface area contributed by atoms with E-state index in [1.807, 2.05) is 30.3 Å². The second-order valence-electron chi connectivity index (χ2n) is 5.39. The number of H-pyrrole nitrogens is 1. The van der Waals surface area contributed by atoms with Gasteiger partial charge in [0, 0.05) is 19.5 Å². The summed E-state index contributed by atoms with van der Waals surface area (Å²) in [4.78, 5) is 25.9. The lowest BCUT2D eigenvalue weighted by atomic mass is 10.2. The van der Waals surface area contributed by atoms with Crippen molar-refractivity contribution in [3.8, 4) is 0 Å². The number of nitrogens with zero attached hydrogens (tertiary/aromatic N) is 3. The van der Waals surface area contributed by atoms with Crippen LogP contribution in [0, 0.1) is 6.92 Å². The Kier molecular flexibility index (Phi) is 3.86. The summed E-state index contributed by atoms with van der Waals surface area (Å²) in [6.07, 6.45) is 0.315. The maximum Gasteiger partial charge on any atom is 0.274 e. The SMILES string of the molecule is Cc1n[nH]nc1C(=O)N[C@@H]1CC(=O)N(Cc2ccccc2)C1. The van der Waals surface area contributed by atoms with Crippen LogP contribution in [0.25, 0.3) is 0 Å². The van der Waals surface area contributed by atoms with E-state index in [2.05, 4.69) is 20.7 Å². The Morgan fingerprint density at radius 1 is 1.36 bits per heavy atom. The molecule has 2 heterocycles. The zero-order chi connectivity index (χ0) is 15.5. The van der Waals surface area contributed by atoms with E-state index in [1.165, 1.54) is 0 Å². The third-order valence-corrected chi connectivity index (χ3v) is 3.70. The smallest absolute Gasteiger partial charge is 0.274 e. The zero-order valence-electron chi connectivity index (χ0n) is 12.2. The van der Waals surface area contributed by atoms with Gasteiger partial charge in [-0.15, -0.1) is 0 Å². The fourth-order valence-electron chi connectivity index (χ4n) is 2.58. The van der Waals surface area contributed by atoms with Crippen LogP contribution in [-0.4, -0.2) is 44.7 Å². The van der Waals surface area contributed by atoms with Crippen LogP contribution < -0.4 is 5.32 Å². The number of amides is 2. The van der Waals surface area contributed by atoms with Gasteiger partial charge in [-0.05, 0) is 12.5 Å². The number of likely N-dealkylation sites (tertiary alicyclic amines) is 1. The monoisotopic (exact) mass is 299 g/mol. The fraction of sp³-hybridized carbons (Fsp3) is 0.333. The van der Waals surface area contributed by atoms with Crippen LogP contribution >= 0.6 is 0 Å². The van der Waals surface area contributed by atoms with Crippen molar-refractivity contribution in [2.24, 2.45) is 0 Å². The Hall–Kier alpha value is -2.70. The standard InChI is InChI=1S/C15H17N5O2/c1-10-14(18-19-17-10)15(22)16-12-7-13(21)20(9-12)8-11-5-3-2-4-6-11/h2-6,12H,7-9H2,1H3,(H,16,22)(H,17,18,19)/t12-/m1/s1. The Balaban J connectivity index is 1.60. The van der Waals surface area contributed by atoms with Crippen molar-refractivity contribution < 1.29 is 9.59 Å². The second kappa shape index (κ2) is 5.97. The number of rotatable bonds is 4. The lowest BCUT2D eigenvalue weighted by molar-refractivity contribution is -0.128. The van der Waals surface area contributed by atoms with Crippen molar-refractivity contribution in [1.82, 2.24) is 25.6 Å². The van der Waals surface area contributed by atoms with Gasteiger partial charge in [0.05, 0.1) is 11.7 Å². The molecule has 0 unspecified atom stereocenters. The highest BCUT2D eigenvalue weighted by atomic mass is 16.2. The molecule has 1 aromatic heterocycles. The van der Waals surface area contributed by atoms with E-state index >= 15 is 0 Å². The quantitative estimate of drug-likeness (QED) is 0.867. The highest BCUT2D eigenvalue weighted by Gasteiger charge is 2.31. The molecule has 0 saturated carbocycles. The lowest BCUT2D eigenvalue weighted by Crippen LogP contribution is -2.37. The maximum absolute atomic E-state index is 12.1.